The van der Waals surface area contributed by atoms with Gasteiger partial charge in [0.05, 0.1) is 18.1 Å². The molecule has 0 radical (unpaired) electrons. The molecule has 0 saturated heterocycles. The largest absolute Gasteiger partial charge is 0.289 e. The first-order chi connectivity index (χ1) is 17.0. The first kappa shape index (κ1) is 28.9. The third-order valence-electron chi connectivity index (χ3n) is 5.45. The Hall–Kier alpha value is -3.35. The van der Waals surface area contributed by atoms with Crippen molar-refractivity contribution >= 4 is 33.8 Å². The lowest BCUT2D eigenvalue weighted by Crippen LogP contribution is -2.51. The van der Waals surface area contributed by atoms with E-state index in [2.05, 4.69) is 10.4 Å². The molecule has 36 heavy (non-hydrogen) atoms. The van der Waals surface area contributed by atoms with Crippen LogP contribution in [0.2, 0.25) is 0 Å². The molecule has 0 aliphatic carbocycles. The van der Waals surface area contributed by atoms with Gasteiger partial charge in [-0.1, -0.05) is 56.3 Å². The zero-order valence-electron chi connectivity index (χ0n) is 20.6. The van der Waals surface area contributed by atoms with Gasteiger partial charge in [0.15, 0.2) is 0 Å². The van der Waals surface area contributed by atoms with E-state index >= 15 is 0 Å². The number of hydrogen-bond donors (Lipinski definition) is 3. The van der Waals surface area contributed by atoms with Crippen molar-refractivity contribution in [2.75, 3.05) is 12.8 Å². The van der Waals surface area contributed by atoms with Gasteiger partial charge in [-0.2, -0.15) is 0 Å². The number of sulfonamides is 1. The fourth-order valence-electron chi connectivity index (χ4n) is 3.66. The molecule has 2 atom stereocenters. The van der Waals surface area contributed by atoms with Crippen molar-refractivity contribution in [1.82, 2.24) is 24.9 Å². The van der Waals surface area contributed by atoms with Crippen LogP contribution in [0.15, 0.2) is 55.1 Å². The molecule has 0 unspecified atom stereocenters. The van der Waals surface area contributed by atoms with Crippen molar-refractivity contribution in [3.05, 3.63) is 60.7 Å². The molecule has 11 nitrogen and oxygen atoms in total. The summed E-state index contributed by atoms with van der Waals surface area (Å²) in [6.07, 6.45) is 8.77. The van der Waals surface area contributed by atoms with Gasteiger partial charge < -0.3 is 0 Å². The van der Waals surface area contributed by atoms with Crippen LogP contribution in [-0.4, -0.2) is 58.1 Å². The number of nitrogens with one attached hydrogen (secondary N) is 2. The van der Waals surface area contributed by atoms with Gasteiger partial charge in [0.25, 0.3) is 0 Å². The second-order valence-electron chi connectivity index (χ2n) is 8.79. The summed E-state index contributed by atoms with van der Waals surface area (Å²) in [4.78, 5) is 41.9. The number of carbonyl (C=O) groups is 3. The van der Waals surface area contributed by atoms with Crippen LogP contribution >= 0.6 is 0 Å². The lowest BCUT2D eigenvalue weighted by molar-refractivity contribution is -0.141. The number of aromatic nitrogens is 2. The molecule has 2 amide bonds. The zero-order chi connectivity index (χ0) is 26.7. The maximum atomic E-state index is 13.3. The molecule has 12 heteroatoms. The molecule has 196 valence electrons. The summed E-state index contributed by atoms with van der Waals surface area (Å²) in [6, 6.07) is 9.36. The van der Waals surface area contributed by atoms with Crippen molar-refractivity contribution in [3.63, 3.8) is 0 Å². The number of rotatable bonds is 13. The second kappa shape index (κ2) is 13.7. The van der Waals surface area contributed by atoms with E-state index in [-0.39, 0.29) is 31.7 Å². The van der Waals surface area contributed by atoms with Gasteiger partial charge in [0.2, 0.25) is 27.7 Å². The molecule has 0 aliphatic rings. The van der Waals surface area contributed by atoms with Gasteiger partial charge in [0.1, 0.15) is 6.33 Å². The molecular weight excluding hydrogens is 486 g/mol. The third-order valence-corrected chi connectivity index (χ3v) is 6.53. The monoisotopic (exact) mass is 519 g/mol. The molecule has 1 aromatic carbocycles. The Labute approximate surface area is 211 Å². The molecule has 0 aliphatic heterocycles. The van der Waals surface area contributed by atoms with Crippen LogP contribution in [0, 0.1) is 17.8 Å². The van der Waals surface area contributed by atoms with Crippen LogP contribution in [0.4, 0.5) is 0 Å². The Morgan fingerprint density at radius 3 is 2.39 bits per heavy atom. The van der Waals surface area contributed by atoms with Crippen LogP contribution in [-0.2, 0) is 19.6 Å². The number of imidazole rings is 1. The minimum absolute atomic E-state index is 0.0117. The Kier molecular flexibility index (Phi) is 11.0. The van der Waals surface area contributed by atoms with E-state index in [1.807, 2.05) is 44.2 Å². The highest BCUT2D eigenvalue weighted by molar-refractivity contribution is 7.88. The fraction of sp³-hybridized carbons (Fsp3) is 0.417. The highest BCUT2D eigenvalue weighted by Crippen LogP contribution is 2.26. The van der Waals surface area contributed by atoms with E-state index in [0.717, 1.165) is 11.8 Å². The van der Waals surface area contributed by atoms with Crippen molar-refractivity contribution in [1.29, 1.82) is 0 Å². The second-order valence-corrected chi connectivity index (χ2v) is 10.7. The van der Waals surface area contributed by atoms with Gasteiger partial charge in [0, 0.05) is 25.4 Å². The SMILES string of the molecule is CC(C)C[C@@H](C(=O)NN(CCC(=O)n1ccnc1)S(C)(=O)=O)[C@H](CC=Cc1ccccc1)C(=O)NO. The fourth-order valence-corrected chi connectivity index (χ4v) is 4.34. The Balaban J connectivity index is 2.22. The number of nitrogens with zero attached hydrogens (tertiary/aromatic N) is 3. The summed E-state index contributed by atoms with van der Waals surface area (Å²) in [6.45, 7) is 3.43. The number of amides is 2. The van der Waals surface area contributed by atoms with E-state index in [1.54, 1.807) is 17.6 Å². The number of hydrogen-bond acceptors (Lipinski definition) is 7. The van der Waals surface area contributed by atoms with Crippen LogP contribution in [0.25, 0.3) is 6.08 Å². The molecule has 0 bridgehead atoms. The predicted molar refractivity (Wildman–Crippen MR) is 134 cm³/mol. The number of hydroxylamine groups is 1. The zero-order valence-corrected chi connectivity index (χ0v) is 21.4. The predicted octanol–water partition coefficient (Wildman–Crippen LogP) is 2.09. The highest BCUT2D eigenvalue weighted by atomic mass is 32.2. The first-order valence-corrected chi connectivity index (χ1v) is 13.3. The summed E-state index contributed by atoms with van der Waals surface area (Å²) in [5, 5.41) is 9.33. The van der Waals surface area contributed by atoms with Gasteiger partial charge in [-0.05, 0) is 24.3 Å². The Bertz CT molecular complexity index is 1130. The van der Waals surface area contributed by atoms with Gasteiger partial charge in [-0.15, -0.1) is 4.41 Å². The molecule has 0 saturated carbocycles. The van der Waals surface area contributed by atoms with E-state index in [1.165, 1.54) is 23.3 Å². The summed E-state index contributed by atoms with van der Waals surface area (Å²) in [7, 11) is -3.93. The highest BCUT2D eigenvalue weighted by Gasteiger charge is 2.35. The smallest absolute Gasteiger partial charge is 0.247 e. The summed E-state index contributed by atoms with van der Waals surface area (Å²) < 4.78 is 26.6. The summed E-state index contributed by atoms with van der Waals surface area (Å²) in [5.41, 5.74) is 4.90. The average molecular weight is 520 g/mol. The lowest BCUT2D eigenvalue weighted by atomic mass is 9.82. The Morgan fingerprint density at radius 2 is 1.83 bits per heavy atom. The molecule has 0 fully saturated rings. The molecule has 3 N–H and O–H groups in total. The molecule has 1 heterocycles. The summed E-state index contributed by atoms with van der Waals surface area (Å²) >= 11 is 0. The normalized spacial score (nSPS) is 13.6. The van der Waals surface area contributed by atoms with Gasteiger partial charge >= 0.3 is 0 Å². The van der Waals surface area contributed by atoms with E-state index in [9.17, 15) is 28.0 Å². The molecule has 2 rings (SSSR count). The van der Waals surface area contributed by atoms with E-state index in [4.69, 9.17) is 0 Å². The number of hydrazine groups is 1. The first-order valence-electron chi connectivity index (χ1n) is 11.5. The van der Waals surface area contributed by atoms with E-state index < -0.39 is 39.6 Å². The van der Waals surface area contributed by atoms with Crippen LogP contribution in [0.1, 0.15) is 43.5 Å². The summed E-state index contributed by atoms with van der Waals surface area (Å²) in [5.74, 6) is -3.79. The van der Waals surface area contributed by atoms with Crippen molar-refractivity contribution in [2.45, 2.75) is 33.1 Å². The molecule has 0 spiro atoms. The van der Waals surface area contributed by atoms with Gasteiger partial charge in [-0.25, -0.2) is 18.9 Å². The minimum atomic E-state index is -3.93. The van der Waals surface area contributed by atoms with Crippen molar-refractivity contribution < 1.29 is 28.0 Å². The van der Waals surface area contributed by atoms with Crippen molar-refractivity contribution in [3.8, 4) is 0 Å². The number of allylic oxidation sites excluding steroid dienone is 1. The molecule has 2 aromatic rings. The van der Waals surface area contributed by atoms with Crippen LogP contribution in [0.3, 0.4) is 0 Å². The van der Waals surface area contributed by atoms with Crippen LogP contribution in [0.5, 0.6) is 0 Å². The third kappa shape index (κ3) is 9.02. The topological polar surface area (TPSA) is 151 Å². The number of benzene rings is 1. The van der Waals surface area contributed by atoms with Gasteiger partial charge in [-0.3, -0.25) is 29.6 Å². The number of carbonyl (C=O) groups excluding carboxylic acids is 3. The minimum Gasteiger partial charge on any atom is -0.289 e. The van der Waals surface area contributed by atoms with Crippen LogP contribution < -0.4 is 10.9 Å². The average Bonchev–Trinajstić information content (AvgIpc) is 3.37. The van der Waals surface area contributed by atoms with E-state index in [0.29, 0.717) is 4.41 Å². The maximum absolute atomic E-state index is 13.3. The lowest BCUT2D eigenvalue weighted by Gasteiger charge is -2.28. The quantitative estimate of drug-likeness (QED) is 0.271. The maximum Gasteiger partial charge on any atom is 0.247 e. The standard InChI is InChI=1S/C24H33N5O6S/c1-18(2)16-21(20(24(32)27-33)11-7-10-19-8-5-4-6-9-19)23(31)26-29(36(3,34)35)14-12-22(30)28-15-13-25-17-28/h4-10,13,15,17-18,20-21,33H,11-12,14,16H2,1-3H3,(H,26,31)(H,27,32)/t20-,21+/m0/s1. The molecule has 1 aromatic heterocycles. The molecular formula is C24H33N5O6S. The van der Waals surface area contributed by atoms with Crippen molar-refractivity contribution in [2.24, 2.45) is 17.8 Å². The Morgan fingerprint density at radius 1 is 1.14 bits per heavy atom.